The molecule has 0 bridgehead atoms. The number of halogens is 3. The topological polar surface area (TPSA) is 26.0 Å². The number of aromatic nitrogens is 1. The van der Waals surface area contributed by atoms with Gasteiger partial charge in [-0.3, -0.25) is 0 Å². The van der Waals surface area contributed by atoms with E-state index >= 15 is 0 Å². The number of nitrogens with zero attached hydrogens (tertiary/aromatic N) is 1. The van der Waals surface area contributed by atoms with Crippen LogP contribution in [0.4, 0.5) is 12.9 Å². The summed E-state index contributed by atoms with van der Waals surface area (Å²) in [6.07, 6.45) is 0. The molecular weight excluding hydrogens is 197 g/mol. The van der Waals surface area contributed by atoms with Crippen molar-refractivity contribution in [1.82, 2.24) is 5.16 Å². The maximum atomic E-state index is 12.1. The molecule has 0 spiro atoms. The van der Waals surface area contributed by atoms with Gasteiger partial charge in [0.25, 0.3) is 0 Å². The Bertz CT molecular complexity index is 253. The maximum Gasteiger partial charge on any atom is 1.00 e. The van der Waals surface area contributed by atoms with Crippen molar-refractivity contribution in [2.24, 2.45) is 0 Å². The molecule has 62 valence electrons. The second-order valence-corrected chi connectivity index (χ2v) is 2.31. The molecule has 0 aromatic carbocycles. The number of hydrogen-bond acceptors (Lipinski definition) is 2. The quantitative estimate of drug-likeness (QED) is 0.511. The molecule has 1 aromatic rings. The Morgan fingerprint density at radius 2 is 1.75 bits per heavy atom. The first-order valence-corrected chi connectivity index (χ1v) is 3.05. The molecule has 1 rings (SSSR count). The molecule has 2 nitrogen and oxygen atoms in total. The monoisotopic (exact) mass is 203 g/mol. The van der Waals surface area contributed by atoms with Crippen LogP contribution in [0.25, 0.3) is 0 Å². The molecule has 0 saturated carbocycles. The SMILES string of the molecule is Cc1noc(C)c1[B-](F)(F)F.[K+]. The molecular formula is C5H6BF3KNO. The number of hydrogen-bond donors (Lipinski definition) is 0. The van der Waals surface area contributed by atoms with E-state index in [4.69, 9.17) is 0 Å². The van der Waals surface area contributed by atoms with E-state index in [1.54, 1.807) is 0 Å². The largest absolute Gasteiger partial charge is 1.00 e. The van der Waals surface area contributed by atoms with Crippen molar-refractivity contribution in [2.75, 3.05) is 0 Å². The predicted octanol–water partition coefficient (Wildman–Crippen LogP) is -1.65. The second-order valence-electron chi connectivity index (χ2n) is 2.31. The minimum absolute atomic E-state index is 0. The molecule has 0 radical (unpaired) electrons. The summed E-state index contributed by atoms with van der Waals surface area (Å²) in [5.41, 5.74) is -0.792. The average molecular weight is 203 g/mol. The molecule has 0 fully saturated rings. The van der Waals surface area contributed by atoms with Gasteiger partial charge in [0.15, 0.2) is 0 Å². The van der Waals surface area contributed by atoms with Crippen LogP contribution in [0.2, 0.25) is 0 Å². The first-order valence-electron chi connectivity index (χ1n) is 3.05. The molecule has 0 atom stereocenters. The van der Waals surface area contributed by atoms with E-state index in [9.17, 15) is 12.9 Å². The van der Waals surface area contributed by atoms with Gasteiger partial charge in [-0.15, -0.1) is 0 Å². The van der Waals surface area contributed by atoms with Crippen molar-refractivity contribution in [3.63, 3.8) is 0 Å². The molecule has 1 heterocycles. The standard InChI is InChI=1S/C5H6BF3NO.K/c1-3-5(6(7,8)9)4(2)11-10-3;/h1-2H3;/q-1;+1. The van der Waals surface area contributed by atoms with Crippen LogP contribution in [-0.2, 0) is 0 Å². The van der Waals surface area contributed by atoms with Crippen molar-refractivity contribution < 1.29 is 68.9 Å². The normalized spacial score (nSPS) is 11.1. The van der Waals surface area contributed by atoms with Crippen molar-refractivity contribution >= 4 is 12.4 Å². The Labute approximate surface area is 110 Å². The fraction of sp³-hybridized carbons (Fsp3) is 0.400. The molecule has 12 heavy (non-hydrogen) atoms. The predicted molar refractivity (Wildman–Crippen MR) is 34.7 cm³/mol. The number of aryl methyl sites for hydroxylation is 2. The maximum absolute atomic E-state index is 12.1. The van der Waals surface area contributed by atoms with E-state index in [1.807, 2.05) is 0 Å². The van der Waals surface area contributed by atoms with Crippen LogP contribution in [0, 0.1) is 13.8 Å². The van der Waals surface area contributed by atoms with E-state index in [0.29, 0.717) is 0 Å². The third-order valence-corrected chi connectivity index (χ3v) is 1.42. The Morgan fingerprint density at radius 3 is 1.92 bits per heavy atom. The fourth-order valence-corrected chi connectivity index (χ4v) is 0.957. The van der Waals surface area contributed by atoms with Crippen LogP contribution in [0.3, 0.4) is 0 Å². The average Bonchev–Trinajstić information content (AvgIpc) is 2.08. The van der Waals surface area contributed by atoms with E-state index in [-0.39, 0.29) is 62.8 Å². The Hall–Kier alpha value is 0.701. The first-order chi connectivity index (χ1) is 4.93. The Morgan fingerprint density at radius 1 is 1.25 bits per heavy atom. The minimum Gasteiger partial charge on any atom is -0.445 e. The summed E-state index contributed by atoms with van der Waals surface area (Å²) >= 11 is 0. The molecule has 0 unspecified atom stereocenters. The van der Waals surface area contributed by atoms with Gasteiger partial charge in [0.1, 0.15) is 5.76 Å². The van der Waals surface area contributed by atoms with Crippen LogP contribution < -0.4 is 56.8 Å². The second kappa shape index (κ2) is 4.28. The molecule has 0 aliphatic heterocycles. The summed E-state index contributed by atoms with van der Waals surface area (Å²) in [5, 5.41) is 3.20. The van der Waals surface area contributed by atoms with E-state index in [2.05, 4.69) is 9.68 Å². The molecule has 0 N–H and O–H groups in total. The molecule has 7 heteroatoms. The van der Waals surface area contributed by atoms with Crippen LogP contribution in [0.1, 0.15) is 11.5 Å². The van der Waals surface area contributed by atoms with Gasteiger partial charge in [-0.05, 0) is 19.3 Å². The van der Waals surface area contributed by atoms with Gasteiger partial charge >= 0.3 is 58.4 Å². The zero-order valence-electron chi connectivity index (χ0n) is 7.07. The van der Waals surface area contributed by atoms with Crippen molar-refractivity contribution in [3.05, 3.63) is 11.5 Å². The summed E-state index contributed by atoms with van der Waals surface area (Å²) in [4.78, 5) is 0. The summed E-state index contributed by atoms with van der Waals surface area (Å²) < 4.78 is 40.7. The third-order valence-electron chi connectivity index (χ3n) is 1.42. The minimum atomic E-state index is -4.97. The van der Waals surface area contributed by atoms with Crippen LogP contribution in [0.15, 0.2) is 4.52 Å². The summed E-state index contributed by atoms with van der Waals surface area (Å²) in [6.45, 7) is -2.44. The van der Waals surface area contributed by atoms with Gasteiger partial charge in [0.05, 0.1) is 5.69 Å². The van der Waals surface area contributed by atoms with Crippen molar-refractivity contribution in [2.45, 2.75) is 13.8 Å². The molecule has 1 aromatic heterocycles. The van der Waals surface area contributed by atoms with Crippen LogP contribution in [0.5, 0.6) is 0 Å². The first kappa shape index (κ1) is 12.7. The van der Waals surface area contributed by atoms with Crippen LogP contribution >= 0.6 is 0 Å². The van der Waals surface area contributed by atoms with Crippen molar-refractivity contribution in [1.29, 1.82) is 0 Å². The van der Waals surface area contributed by atoms with E-state index in [0.717, 1.165) is 0 Å². The summed E-state index contributed by atoms with van der Waals surface area (Å²) in [6, 6.07) is 0. The van der Waals surface area contributed by atoms with Gasteiger partial charge in [0.2, 0.25) is 0 Å². The van der Waals surface area contributed by atoms with Crippen molar-refractivity contribution in [3.8, 4) is 0 Å². The molecule has 0 saturated heterocycles. The smallest absolute Gasteiger partial charge is 0.445 e. The van der Waals surface area contributed by atoms with Gasteiger partial charge in [-0.2, -0.15) is 0 Å². The number of rotatable bonds is 1. The Kier molecular flexibility index (Phi) is 4.53. The van der Waals surface area contributed by atoms with Crippen LogP contribution in [-0.4, -0.2) is 12.1 Å². The molecule has 0 aliphatic carbocycles. The van der Waals surface area contributed by atoms with Gasteiger partial charge in [0, 0.05) is 0 Å². The Balaban J connectivity index is 0.00000121. The summed E-state index contributed by atoms with van der Waals surface area (Å²) in [5.74, 6) is -0.157. The zero-order valence-corrected chi connectivity index (χ0v) is 10.2. The van der Waals surface area contributed by atoms with E-state index in [1.165, 1.54) is 13.8 Å². The molecule has 0 amide bonds. The van der Waals surface area contributed by atoms with Gasteiger partial charge < -0.3 is 17.5 Å². The van der Waals surface area contributed by atoms with Gasteiger partial charge in [-0.1, -0.05) is 5.16 Å². The van der Waals surface area contributed by atoms with Gasteiger partial charge in [-0.25, -0.2) is 0 Å². The molecule has 0 aliphatic rings. The zero-order chi connectivity index (χ0) is 8.65. The van der Waals surface area contributed by atoms with E-state index < -0.39 is 12.4 Å². The third kappa shape index (κ3) is 2.59. The fourth-order valence-electron chi connectivity index (χ4n) is 0.957. The summed E-state index contributed by atoms with van der Waals surface area (Å²) in [7, 11) is 0.